The van der Waals surface area contributed by atoms with Crippen molar-refractivity contribution in [2.45, 2.75) is 27.7 Å². The maximum Gasteiger partial charge on any atom is 0.323 e. The molecule has 0 saturated carbocycles. The average Bonchev–Trinajstić information content (AvgIpc) is 3.18. The van der Waals surface area contributed by atoms with E-state index in [0.29, 0.717) is 40.3 Å². The van der Waals surface area contributed by atoms with Crippen LogP contribution in [0.25, 0.3) is 11.6 Å². The fourth-order valence-corrected chi connectivity index (χ4v) is 4.12. The van der Waals surface area contributed by atoms with Crippen molar-refractivity contribution in [2.24, 2.45) is 0 Å². The summed E-state index contributed by atoms with van der Waals surface area (Å²) in [5, 5.41) is 12.1. The molecule has 3 N–H and O–H groups in total. The Bertz CT molecular complexity index is 1120. The van der Waals surface area contributed by atoms with Gasteiger partial charge >= 0.3 is 5.97 Å². The molecule has 2 amide bonds. The van der Waals surface area contributed by atoms with E-state index < -0.39 is 24.2 Å². The van der Waals surface area contributed by atoms with Crippen LogP contribution in [-0.2, 0) is 9.59 Å². The first-order valence-corrected chi connectivity index (χ1v) is 10.9. The van der Waals surface area contributed by atoms with Gasteiger partial charge in [0.15, 0.2) is 0 Å². The van der Waals surface area contributed by atoms with E-state index in [9.17, 15) is 23.9 Å². The number of carbonyl (C=O) groups is 3. The summed E-state index contributed by atoms with van der Waals surface area (Å²) in [7, 11) is 0. The number of halogens is 1. The number of carbonyl (C=O) groups excluding carboxylic acids is 2. The van der Waals surface area contributed by atoms with Gasteiger partial charge in [0.1, 0.15) is 12.4 Å². The molecule has 8 nitrogen and oxygen atoms in total. The molecule has 9 heteroatoms. The molecule has 0 bridgehead atoms. The Morgan fingerprint density at radius 3 is 2.58 bits per heavy atom. The van der Waals surface area contributed by atoms with Crippen LogP contribution < -0.4 is 10.2 Å². The highest BCUT2D eigenvalue weighted by atomic mass is 19.1. The first-order chi connectivity index (χ1) is 15.7. The van der Waals surface area contributed by atoms with Crippen LogP contribution in [0.15, 0.2) is 18.2 Å². The van der Waals surface area contributed by atoms with Gasteiger partial charge in [0.25, 0.3) is 11.8 Å². The number of aryl methyl sites for hydroxylation is 1. The standard InChI is InChI=1S/C24H29FN4O4/c1-5-28(6-2)10-9-26-23(32)22-14(3)19(27-15(22)4)12-18-17-11-16(25)7-8-20(17)29(24(18)33)13-21(30)31/h7-8,11-12,27H,5-6,9-10,13H2,1-4H3,(H,26,32)(H,30,31)/b18-12-. The van der Waals surface area contributed by atoms with Crippen LogP contribution >= 0.6 is 0 Å². The van der Waals surface area contributed by atoms with E-state index in [4.69, 9.17) is 0 Å². The van der Waals surface area contributed by atoms with E-state index in [1.165, 1.54) is 18.2 Å². The van der Waals surface area contributed by atoms with Gasteiger partial charge in [-0.25, -0.2) is 4.39 Å². The second-order valence-electron chi connectivity index (χ2n) is 7.95. The van der Waals surface area contributed by atoms with Crippen LogP contribution in [0, 0.1) is 19.7 Å². The third kappa shape index (κ3) is 4.98. The molecule has 0 unspecified atom stereocenters. The summed E-state index contributed by atoms with van der Waals surface area (Å²) in [5.74, 6) is -2.45. The second kappa shape index (κ2) is 9.99. The molecule has 0 radical (unpaired) electrons. The molecule has 0 fully saturated rings. The van der Waals surface area contributed by atoms with Gasteiger partial charge in [-0.15, -0.1) is 0 Å². The molecular weight excluding hydrogens is 427 g/mol. The molecule has 176 valence electrons. The lowest BCUT2D eigenvalue weighted by Crippen LogP contribution is -2.35. The fourth-order valence-electron chi connectivity index (χ4n) is 4.12. The van der Waals surface area contributed by atoms with Gasteiger partial charge in [-0.1, -0.05) is 13.8 Å². The van der Waals surface area contributed by atoms with Gasteiger partial charge in [-0.3, -0.25) is 19.3 Å². The molecule has 3 rings (SSSR count). The molecular formula is C24H29FN4O4. The number of hydrogen-bond donors (Lipinski definition) is 3. The van der Waals surface area contributed by atoms with Crippen molar-refractivity contribution < 1.29 is 23.9 Å². The lowest BCUT2D eigenvalue weighted by Gasteiger charge is -2.18. The third-order valence-corrected chi connectivity index (χ3v) is 5.91. The van der Waals surface area contributed by atoms with E-state index in [0.717, 1.165) is 24.5 Å². The van der Waals surface area contributed by atoms with E-state index in [-0.39, 0.29) is 11.5 Å². The Balaban J connectivity index is 1.91. The molecule has 1 aliphatic heterocycles. The largest absolute Gasteiger partial charge is 0.480 e. The number of H-pyrrole nitrogens is 1. The zero-order chi connectivity index (χ0) is 24.3. The number of nitrogens with zero attached hydrogens (tertiary/aromatic N) is 2. The fraction of sp³-hybridized carbons (Fsp3) is 0.375. The number of amides is 2. The Labute approximate surface area is 192 Å². The molecule has 2 aromatic rings. The summed E-state index contributed by atoms with van der Waals surface area (Å²) < 4.78 is 13.9. The van der Waals surface area contributed by atoms with Crippen LogP contribution in [-0.4, -0.2) is 65.5 Å². The number of fused-ring (bicyclic) bond motifs is 1. The van der Waals surface area contributed by atoms with Crippen molar-refractivity contribution in [3.8, 4) is 0 Å². The van der Waals surface area contributed by atoms with Crippen LogP contribution in [0.4, 0.5) is 10.1 Å². The normalized spacial score (nSPS) is 14.3. The number of carboxylic acid groups (broad SMARTS) is 1. The predicted octanol–water partition coefficient (Wildman–Crippen LogP) is 2.81. The Morgan fingerprint density at radius 2 is 1.94 bits per heavy atom. The summed E-state index contributed by atoms with van der Waals surface area (Å²) in [6.07, 6.45) is 1.55. The number of carboxylic acids is 1. The van der Waals surface area contributed by atoms with Gasteiger partial charge in [0, 0.05) is 30.0 Å². The van der Waals surface area contributed by atoms with Gasteiger partial charge in [0.2, 0.25) is 0 Å². The summed E-state index contributed by atoms with van der Waals surface area (Å²) >= 11 is 0. The smallest absolute Gasteiger partial charge is 0.323 e. The Morgan fingerprint density at radius 1 is 1.24 bits per heavy atom. The highest BCUT2D eigenvalue weighted by molar-refractivity contribution is 6.36. The molecule has 0 saturated heterocycles. The maximum atomic E-state index is 13.9. The molecule has 0 aliphatic carbocycles. The highest BCUT2D eigenvalue weighted by Crippen LogP contribution is 2.38. The molecule has 1 aromatic carbocycles. The van der Waals surface area contributed by atoms with Gasteiger partial charge in [-0.05, 0) is 56.8 Å². The molecule has 2 heterocycles. The number of aliphatic carboxylic acids is 1. The lowest BCUT2D eigenvalue weighted by molar-refractivity contribution is -0.136. The zero-order valence-electron chi connectivity index (χ0n) is 19.3. The van der Waals surface area contributed by atoms with Crippen molar-refractivity contribution in [1.82, 2.24) is 15.2 Å². The number of hydrogen-bond acceptors (Lipinski definition) is 4. The number of likely N-dealkylation sites (N-methyl/N-ethyl adjacent to an activating group) is 1. The second-order valence-corrected chi connectivity index (χ2v) is 7.95. The van der Waals surface area contributed by atoms with E-state index >= 15 is 0 Å². The minimum Gasteiger partial charge on any atom is -0.480 e. The van der Waals surface area contributed by atoms with Crippen molar-refractivity contribution in [3.05, 3.63) is 52.1 Å². The average molecular weight is 457 g/mol. The molecule has 0 spiro atoms. The summed E-state index contributed by atoms with van der Waals surface area (Å²) in [5.41, 5.74) is 3.16. The number of aromatic nitrogens is 1. The van der Waals surface area contributed by atoms with Gasteiger partial charge in [-0.2, -0.15) is 0 Å². The van der Waals surface area contributed by atoms with Crippen LogP contribution in [0.2, 0.25) is 0 Å². The third-order valence-electron chi connectivity index (χ3n) is 5.91. The van der Waals surface area contributed by atoms with Crippen molar-refractivity contribution in [2.75, 3.05) is 37.6 Å². The van der Waals surface area contributed by atoms with E-state index in [1.54, 1.807) is 19.9 Å². The number of anilines is 1. The topological polar surface area (TPSA) is 106 Å². The van der Waals surface area contributed by atoms with Crippen molar-refractivity contribution in [1.29, 1.82) is 0 Å². The monoisotopic (exact) mass is 456 g/mol. The van der Waals surface area contributed by atoms with Crippen molar-refractivity contribution >= 4 is 35.1 Å². The number of nitrogens with one attached hydrogen (secondary N) is 2. The first kappa shape index (κ1) is 24.2. The van der Waals surface area contributed by atoms with Crippen molar-refractivity contribution in [3.63, 3.8) is 0 Å². The molecule has 33 heavy (non-hydrogen) atoms. The minimum absolute atomic E-state index is 0.170. The SMILES string of the molecule is CCN(CC)CCNC(=O)c1c(C)[nH]c(/C=C2\C(=O)N(CC(=O)O)c3ccc(F)cc32)c1C. The first-order valence-electron chi connectivity index (χ1n) is 10.9. The van der Waals surface area contributed by atoms with Gasteiger partial charge < -0.3 is 20.3 Å². The van der Waals surface area contributed by atoms with Gasteiger partial charge in [0.05, 0.1) is 16.8 Å². The zero-order valence-corrected chi connectivity index (χ0v) is 19.3. The lowest BCUT2D eigenvalue weighted by atomic mass is 10.0. The molecule has 1 aromatic heterocycles. The summed E-state index contributed by atoms with van der Waals surface area (Å²) in [4.78, 5) is 43.5. The number of rotatable bonds is 9. The maximum absolute atomic E-state index is 13.9. The van der Waals surface area contributed by atoms with Crippen LogP contribution in [0.1, 0.15) is 46.7 Å². The minimum atomic E-state index is -1.17. The van der Waals surface area contributed by atoms with E-state index in [1.807, 2.05) is 0 Å². The number of aromatic amines is 1. The predicted molar refractivity (Wildman–Crippen MR) is 125 cm³/mol. The Kier molecular flexibility index (Phi) is 7.33. The quantitative estimate of drug-likeness (QED) is 0.503. The molecule has 0 atom stereocenters. The molecule has 1 aliphatic rings. The Hall–Kier alpha value is -3.46. The van der Waals surface area contributed by atoms with Crippen LogP contribution in [0.3, 0.4) is 0 Å². The number of benzene rings is 1. The summed E-state index contributed by atoms with van der Waals surface area (Å²) in [6.45, 7) is 10.2. The summed E-state index contributed by atoms with van der Waals surface area (Å²) in [6, 6.07) is 3.80. The van der Waals surface area contributed by atoms with E-state index in [2.05, 4.69) is 29.0 Å². The van der Waals surface area contributed by atoms with Crippen LogP contribution in [0.5, 0.6) is 0 Å². The highest BCUT2D eigenvalue weighted by Gasteiger charge is 2.34.